The van der Waals surface area contributed by atoms with Gasteiger partial charge < -0.3 is 10.6 Å². The number of carbonyl (C=O) groups is 1. The van der Waals surface area contributed by atoms with Crippen molar-refractivity contribution in [2.75, 3.05) is 13.6 Å². The Morgan fingerprint density at radius 1 is 1.45 bits per heavy atom. The molecule has 1 unspecified atom stereocenters. The Bertz CT molecular complexity index is 489. The topological polar surface area (TPSA) is 84.3 Å². The zero-order chi connectivity index (χ0) is 15.1. The normalized spacial score (nSPS) is 11.9. The number of aryl methyl sites for hydroxylation is 1. The zero-order valence-electron chi connectivity index (χ0n) is 12.1. The van der Waals surface area contributed by atoms with Gasteiger partial charge in [-0.25, -0.2) is 0 Å². The molecule has 0 aromatic heterocycles. The molecule has 0 fully saturated rings. The maximum absolute atomic E-state index is 11.7. The number of nitrogens with one attached hydrogen (secondary N) is 2. The third-order valence-corrected chi connectivity index (χ3v) is 3.14. The van der Waals surface area contributed by atoms with Gasteiger partial charge in [0.2, 0.25) is 5.91 Å². The Morgan fingerprint density at radius 2 is 2.15 bits per heavy atom. The summed E-state index contributed by atoms with van der Waals surface area (Å²) in [5.74, 6) is -0.0454. The van der Waals surface area contributed by atoms with E-state index in [0.717, 1.165) is 18.5 Å². The summed E-state index contributed by atoms with van der Waals surface area (Å²) in [7, 11) is 1.84. The minimum atomic E-state index is -0.402. The molecule has 0 saturated heterocycles. The molecule has 0 saturated carbocycles. The zero-order valence-corrected chi connectivity index (χ0v) is 12.1. The van der Waals surface area contributed by atoms with Gasteiger partial charge in [0.05, 0.1) is 11.0 Å². The first-order valence-corrected chi connectivity index (χ1v) is 6.64. The van der Waals surface area contributed by atoms with E-state index in [1.807, 2.05) is 14.0 Å². The standard InChI is InChI=1S/C14H21N3O3/c1-10-6-7-12(9-13(10)17(19)20)11(2)16-14(18)5-4-8-15-3/h6-7,9,11,15H,4-5,8H2,1-3H3,(H,16,18). The Balaban J connectivity index is 2.68. The summed E-state index contributed by atoms with van der Waals surface area (Å²) in [5, 5.41) is 16.7. The second-order valence-corrected chi connectivity index (χ2v) is 4.80. The maximum Gasteiger partial charge on any atom is 0.272 e. The van der Waals surface area contributed by atoms with Crippen LogP contribution in [-0.2, 0) is 4.79 Å². The van der Waals surface area contributed by atoms with E-state index in [1.54, 1.807) is 19.1 Å². The van der Waals surface area contributed by atoms with Crippen molar-refractivity contribution in [3.05, 3.63) is 39.4 Å². The lowest BCUT2D eigenvalue weighted by Gasteiger charge is -2.14. The van der Waals surface area contributed by atoms with Crippen LogP contribution < -0.4 is 10.6 Å². The van der Waals surface area contributed by atoms with E-state index < -0.39 is 4.92 Å². The fraction of sp³-hybridized carbons (Fsp3) is 0.500. The van der Waals surface area contributed by atoms with Crippen molar-refractivity contribution >= 4 is 11.6 Å². The van der Waals surface area contributed by atoms with Crippen LogP contribution in [0.1, 0.15) is 36.9 Å². The molecule has 0 radical (unpaired) electrons. The Kier molecular flexibility index (Phi) is 6.11. The molecule has 0 aliphatic carbocycles. The number of nitrogens with zero attached hydrogens (tertiary/aromatic N) is 1. The summed E-state index contributed by atoms with van der Waals surface area (Å²) in [5.41, 5.74) is 1.44. The van der Waals surface area contributed by atoms with Gasteiger partial charge in [-0.05, 0) is 39.4 Å². The van der Waals surface area contributed by atoms with Crippen molar-refractivity contribution < 1.29 is 9.72 Å². The fourth-order valence-corrected chi connectivity index (χ4v) is 1.92. The first-order chi connectivity index (χ1) is 9.45. The molecule has 1 atom stereocenters. The average molecular weight is 279 g/mol. The quantitative estimate of drug-likeness (QED) is 0.454. The number of hydrogen-bond acceptors (Lipinski definition) is 4. The molecule has 0 heterocycles. The lowest BCUT2D eigenvalue weighted by Crippen LogP contribution is -2.27. The number of carbonyl (C=O) groups excluding carboxylic acids is 1. The minimum absolute atomic E-state index is 0.0454. The molecule has 2 N–H and O–H groups in total. The first kappa shape index (κ1) is 16.1. The van der Waals surface area contributed by atoms with Gasteiger partial charge in [0.25, 0.3) is 5.69 Å². The van der Waals surface area contributed by atoms with Crippen LogP contribution in [0.15, 0.2) is 18.2 Å². The molecule has 1 amide bonds. The number of nitro groups is 1. The highest BCUT2D eigenvalue weighted by Crippen LogP contribution is 2.23. The molecular formula is C14H21N3O3. The molecule has 110 valence electrons. The van der Waals surface area contributed by atoms with Gasteiger partial charge in [-0.2, -0.15) is 0 Å². The molecule has 6 nitrogen and oxygen atoms in total. The van der Waals surface area contributed by atoms with E-state index >= 15 is 0 Å². The Morgan fingerprint density at radius 3 is 2.75 bits per heavy atom. The van der Waals surface area contributed by atoms with Gasteiger partial charge in [0, 0.05) is 18.1 Å². The Labute approximate surface area is 118 Å². The van der Waals surface area contributed by atoms with E-state index in [2.05, 4.69) is 10.6 Å². The number of rotatable bonds is 7. The van der Waals surface area contributed by atoms with Crippen LogP contribution in [-0.4, -0.2) is 24.4 Å². The van der Waals surface area contributed by atoms with Gasteiger partial charge in [0.15, 0.2) is 0 Å². The van der Waals surface area contributed by atoms with Crippen molar-refractivity contribution in [1.82, 2.24) is 10.6 Å². The molecule has 1 aromatic rings. The summed E-state index contributed by atoms with van der Waals surface area (Å²) < 4.78 is 0. The van der Waals surface area contributed by atoms with Crippen molar-refractivity contribution in [2.45, 2.75) is 32.7 Å². The maximum atomic E-state index is 11.7. The first-order valence-electron chi connectivity index (χ1n) is 6.64. The third kappa shape index (κ3) is 4.62. The van der Waals surface area contributed by atoms with E-state index in [4.69, 9.17) is 0 Å². The monoisotopic (exact) mass is 279 g/mol. The highest BCUT2D eigenvalue weighted by Gasteiger charge is 2.15. The van der Waals surface area contributed by atoms with Gasteiger partial charge in [-0.15, -0.1) is 0 Å². The number of benzene rings is 1. The van der Waals surface area contributed by atoms with Gasteiger partial charge >= 0.3 is 0 Å². The molecule has 1 rings (SSSR count). The van der Waals surface area contributed by atoms with Crippen molar-refractivity contribution in [2.24, 2.45) is 0 Å². The van der Waals surface area contributed by atoms with E-state index in [0.29, 0.717) is 12.0 Å². The largest absolute Gasteiger partial charge is 0.350 e. The van der Waals surface area contributed by atoms with Crippen molar-refractivity contribution in [3.63, 3.8) is 0 Å². The average Bonchev–Trinajstić information content (AvgIpc) is 2.39. The van der Waals surface area contributed by atoms with Gasteiger partial charge in [0.1, 0.15) is 0 Å². The van der Waals surface area contributed by atoms with E-state index in [9.17, 15) is 14.9 Å². The highest BCUT2D eigenvalue weighted by molar-refractivity contribution is 5.76. The fourth-order valence-electron chi connectivity index (χ4n) is 1.92. The molecular weight excluding hydrogens is 258 g/mol. The highest BCUT2D eigenvalue weighted by atomic mass is 16.6. The van der Waals surface area contributed by atoms with Crippen LogP contribution >= 0.6 is 0 Å². The van der Waals surface area contributed by atoms with Crippen LogP contribution in [0.5, 0.6) is 0 Å². The number of amides is 1. The van der Waals surface area contributed by atoms with Crippen LogP contribution in [0.2, 0.25) is 0 Å². The van der Waals surface area contributed by atoms with Crippen LogP contribution in [0.3, 0.4) is 0 Å². The summed E-state index contributed by atoms with van der Waals surface area (Å²) in [6, 6.07) is 4.79. The second-order valence-electron chi connectivity index (χ2n) is 4.80. The number of hydrogen-bond donors (Lipinski definition) is 2. The minimum Gasteiger partial charge on any atom is -0.350 e. The third-order valence-electron chi connectivity index (χ3n) is 3.14. The van der Waals surface area contributed by atoms with Crippen LogP contribution in [0.25, 0.3) is 0 Å². The predicted octanol–water partition coefficient (Wildman–Crippen LogP) is 2.08. The SMILES string of the molecule is CNCCCC(=O)NC(C)c1ccc(C)c([N+](=O)[O-])c1. The predicted molar refractivity (Wildman–Crippen MR) is 77.6 cm³/mol. The summed E-state index contributed by atoms with van der Waals surface area (Å²) >= 11 is 0. The Hall–Kier alpha value is -1.95. The lowest BCUT2D eigenvalue weighted by molar-refractivity contribution is -0.385. The van der Waals surface area contributed by atoms with Crippen LogP contribution in [0.4, 0.5) is 5.69 Å². The van der Waals surface area contributed by atoms with E-state index in [-0.39, 0.29) is 17.6 Å². The molecule has 0 aliphatic rings. The molecule has 0 aliphatic heterocycles. The van der Waals surface area contributed by atoms with Crippen LogP contribution in [0, 0.1) is 17.0 Å². The molecule has 20 heavy (non-hydrogen) atoms. The van der Waals surface area contributed by atoms with Gasteiger partial charge in [-0.3, -0.25) is 14.9 Å². The molecule has 6 heteroatoms. The van der Waals surface area contributed by atoms with Gasteiger partial charge in [-0.1, -0.05) is 12.1 Å². The van der Waals surface area contributed by atoms with Crippen molar-refractivity contribution in [3.8, 4) is 0 Å². The summed E-state index contributed by atoms with van der Waals surface area (Å²) in [4.78, 5) is 22.2. The molecule has 0 spiro atoms. The number of nitro benzene ring substituents is 1. The second kappa shape index (κ2) is 7.59. The summed E-state index contributed by atoms with van der Waals surface area (Å²) in [6.45, 7) is 4.31. The van der Waals surface area contributed by atoms with Crippen molar-refractivity contribution in [1.29, 1.82) is 0 Å². The summed E-state index contributed by atoms with van der Waals surface area (Å²) in [6.07, 6.45) is 1.21. The lowest BCUT2D eigenvalue weighted by atomic mass is 10.0. The molecule has 1 aromatic carbocycles. The smallest absolute Gasteiger partial charge is 0.272 e. The molecule has 0 bridgehead atoms. The van der Waals surface area contributed by atoms with E-state index in [1.165, 1.54) is 6.07 Å².